The lowest BCUT2D eigenvalue weighted by molar-refractivity contribution is -0.272. The van der Waals surface area contributed by atoms with E-state index in [0.717, 1.165) is 6.54 Å². The molecule has 0 heterocycles. The largest absolute Gasteiger partial charge is 0.496 e. The highest BCUT2D eigenvalue weighted by Crippen LogP contribution is 2.46. The molecule has 1 aromatic carbocycles. The Bertz CT molecular complexity index is 635. The van der Waals surface area contributed by atoms with Gasteiger partial charge in [0.25, 0.3) is 0 Å². The molecular weight excluding hydrogens is 361 g/mol. The fourth-order valence-electron chi connectivity index (χ4n) is 2.45. The van der Waals surface area contributed by atoms with E-state index < -0.39 is 18.2 Å². The van der Waals surface area contributed by atoms with Crippen LogP contribution in [0.15, 0.2) is 17.1 Å². The molecule has 5 nitrogen and oxygen atoms in total. The number of aliphatic hydroxyl groups is 1. The molecule has 0 amide bonds. The summed E-state index contributed by atoms with van der Waals surface area (Å²) in [6.45, 7) is 6.31. The summed E-state index contributed by atoms with van der Waals surface area (Å²) in [4.78, 5) is 6.12. The second kappa shape index (κ2) is 9.94. The maximum absolute atomic E-state index is 13.8. The van der Waals surface area contributed by atoms with Crippen LogP contribution in [0.3, 0.4) is 0 Å². The zero-order chi connectivity index (χ0) is 20.7. The van der Waals surface area contributed by atoms with Crippen molar-refractivity contribution in [1.82, 2.24) is 4.90 Å². The van der Waals surface area contributed by atoms with E-state index in [-0.39, 0.29) is 17.9 Å². The highest BCUT2D eigenvalue weighted by Gasteiger charge is 2.56. The molecule has 154 valence electrons. The van der Waals surface area contributed by atoms with Crippen molar-refractivity contribution >= 4 is 12.0 Å². The summed E-state index contributed by atoms with van der Waals surface area (Å²) >= 11 is 0. The third-order valence-corrected chi connectivity index (χ3v) is 4.28. The quantitative estimate of drug-likeness (QED) is 0.370. The van der Waals surface area contributed by atoms with Gasteiger partial charge in [0.2, 0.25) is 0 Å². The number of methoxy groups -OCH3 is 1. The molecule has 1 aromatic rings. The van der Waals surface area contributed by atoms with Crippen LogP contribution >= 0.6 is 0 Å². The SMILES string of the molecule is CCCOCCC(O)(c1cc(C)c(N=CN(C)CC)cc1OC)C(F)(F)F. The van der Waals surface area contributed by atoms with Gasteiger partial charge in [0, 0.05) is 44.9 Å². The molecule has 0 aliphatic carbocycles. The molecule has 0 radical (unpaired) electrons. The monoisotopic (exact) mass is 390 g/mol. The fourth-order valence-corrected chi connectivity index (χ4v) is 2.45. The standard InChI is InChI=1S/C19H29F3N2O3/c1-6-9-27-10-8-18(25,19(20,21)22)15-11-14(3)16(12-17(15)26-5)23-13-24(4)7-2/h11-13,25H,6-10H2,1-5H3. The molecule has 8 heteroatoms. The molecule has 27 heavy (non-hydrogen) atoms. The zero-order valence-corrected chi connectivity index (χ0v) is 16.6. The molecular formula is C19H29F3N2O3. The molecule has 0 saturated carbocycles. The Morgan fingerprint density at radius 2 is 1.89 bits per heavy atom. The minimum Gasteiger partial charge on any atom is -0.496 e. The van der Waals surface area contributed by atoms with Gasteiger partial charge in [-0.25, -0.2) is 4.99 Å². The van der Waals surface area contributed by atoms with Gasteiger partial charge in [-0.15, -0.1) is 0 Å². The highest BCUT2D eigenvalue weighted by molar-refractivity contribution is 5.65. The third kappa shape index (κ3) is 5.84. The number of aliphatic imine (C=N–C) groups is 1. The molecule has 1 unspecified atom stereocenters. The number of hydrogen-bond acceptors (Lipinski definition) is 4. The first-order chi connectivity index (χ1) is 12.6. The lowest BCUT2D eigenvalue weighted by Crippen LogP contribution is -2.43. The number of aryl methyl sites for hydroxylation is 1. The number of benzene rings is 1. The van der Waals surface area contributed by atoms with Crippen molar-refractivity contribution < 1.29 is 27.8 Å². The highest BCUT2D eigenvalue weighted by atomic mass is 19.4. The van der Waals surface area contributed by atoms with Crippen molar-refractivity contribution in [3.8, 4) is 5.75 Å². The van der Waals surface area contributed by atoms with Gasteiger partial charge in [0.05, 0.1) is 19.1 Å². The van der Waals surface area contributed by atoms with Crippen LogP contribution in [0.1, 0.15) is 37.8 Å². The molecule has 0 aliphatic rings. The van der Waals surface area contributed by atoms with E-state index in [1.807, 2.05) is 25.8 Å². The Labute approximate surface area is 158 Å². The number of ether oxygens (including phenoxy) is 2. The van der Waals surface area contributed by atoms with E-state index in [0.29, 0.717) is 24.3 Å². The first-order valence-corrected chi connectivity index (χ1v) is 8.91. The Hall–Kier alpha value is -1.80. The average Bonchev–Trinajstić information content (AvgIpc) is 2.62. The lowest BCUT2D eigenvalue weighted by atomic mass is 9.87. The second-order valence-electron chi connectivity index (χ2n) is 6.38. The van der Waals surface area contributed by atoms with Crippen molar-refractivity contribution in [2.45, 2.75) is 45.4 Å². The van der Waals surface area contributed by atoms with Crippen LogP contribution in [0, 0.1) is 6.92 Å². The Kier molecular flexibility index (Phi) is 8.56. The van der Waals surface area contributed by atoms with Crippen LogP contribution in [-0.2, 0) is 10.3 Å². The van der Waals surface area contributed by atoms with Gasteiger partial charge in [-0.05, 0) is 31.9 Å². The summed E-state index contributed by atoms with van der Waals surface area (Å²) in [6.07, 6.45) is -3.22. The van der Waals surface area contributed by atoms with Crippen LogP contribution in [0.4, 0.5) is 18.9 Å². The lowest BCUT2D eigenvalue weighted by Gasteiger charge is -2.32. The van der Waals surface area contributed by atoms with Gasteiger partial charge in [-0.3, -0.25) is 0 Å². The fraction of sp³-hybridized carbons (Fsp3) is 0.632. The Morgan fingerprint density at radius 1 is 1.22 bits per heavy atom. The van der Waals surface area contributed by atoms with Gasteiger partial charge in [0.1, 0.15) is 5.75 Å². The van der Waals surface area contributed by atoms with E-state index in [1.165, 1.54) is 19.2 Å². The number of alkyl halides is 3. The topological polar surface area (TPSA) is 54.3 Å². The first-order valence-electron chi connectivity index (χ1n) is 8.91. The molecule has 0 aliphatic heterocycles. The van der Waals surface area contributed by atoms with E-state index in [4.69, 9.17) is 9.47 Å². The number of rotatable bonds is 10. The second-order valence-corrected chi connectivity index (χ2v) is 6.38. The smallest absolute Gasteiger partial charge is 0.421 e. The molecule has 0 aromatic heterocycles. The van der Waals surface area contributed by atoms with E-state index in [2.05, 4.69) is 4.99 Å². The molecule has 0 saturated heterocycles. The molecule has 0 spiro atoms. The van der Waals surface area contributed by atoms with Gasteiger partial charge in [-0.2, -0.15) is 13.2 Å². The summed E-state index contributed by atoms with van der Waals surface area (Å²) in [5.41, 5.74) is -2.43. The van der Waals surface area contributed by atoms with E-state index in [1.54, 1.807) is 13.3 Å². The summed E-state index contributed by atoms with van der Waals surface area (Å²) in [5.74, 6) is -0.0674. The predicted molar refractivity (Wildman–Crippen MR) is 99.9 cm³/mol. The zero-order valence-electron chi connectivity index (χ0n) is 16.6. The molecule has 1 N–H and O–H groups in total. The van der Waals surface area contributed by atoms with E-state index >= 15 is 0 Å². The van der Waals surface area contributed by atoms with Gasteiger partial charge < -0.3 is 19.5 Å². The number of hydrogen-bond donors (Lipinski definition) is 1. The first kappa shape index (κ1) is 23.2. The van der Waals surface area contributed by atoms with Crippen LogP contribution in [-0.4, -0.2) is 56.4 Å². The van der Waals surface area contributed by atoms with Crippen molar-refractivity contribution in [3.05, 3.63) is 23.3 Å². The average molecular weight is 390 g/mol. The Balaban J connectivity index is 3.33. The maximum atomic E-state index is 13.8. The van der Waals surface area contributed by atoms with Crippen LogP contribution < -0.4 is 4.74 Å². The third-order valence-electron chi connectivity index (χ3n) is 4.28. The van der Waals surface area contributed by atoms with Gasteiger partial charge in [0.15, 0.2) is 5.60 Å². The maximum Gasteiger partial charge on any atom is 0.421 e. The van der Waals surface area contributed by atoms with Crippen molar-refractivity contribution in [3.63, 3.8) is 0 Å². The van der Waals surface area contributed by atoms with Crippen molar-refractivity contribution in [2.75, 3.05) is 33.9 Å². The number of nitrogens with zero attached hydrogens (tertiary/aromatic N) is 2. The van der Waals surface area contributed by atoms with Gasteiger partial charge in [-0.1, -0.05) is 6.92 Å². The predicted octanol–water partition coefficient (Wildman–Crippen LogP) is 4.18. The van der Waals surface area contributed by atoms with Crippen LogP contribution in [0.2, 0.25) is 0 Å². The summed E-state index contributed by atoms with van der Waals surface area (Å²) in [6, 6.07) is 2.69. The molecule has 0 fully saturated rings. The summed E-state index contributed by atoms with van der Waals surface area (Å²) in [5, 5.41) is 10.6. The summed E-state index contributed by atoms with van der Waals surface area (Å²) < 4.78 is 51.6. The van der Waals surface area contributed by atoms with Crippen molar-refractivity contribution in [2.24, 2.45) is 4.99 Å². The van der Waals surface area contributed by atoms with Crippen molar-refractivity contribution in [1.29, 1.82) is 0 Å². The number of halogens is 3. The molecule has 1 atom stereocenters. The normalized spacial score (nSPS) is 14.4. The summed E-state index contributed by atoms with van der Waals surface area (Å²) in [7, 11) is 3.10. The Morgan fingerprint density at radius 3 is 2.41 bits per heavy atom. The minimum absolute atomic E-state index is 0.0674. The van der Waals surface area contributed by atoms with E-state index in [9.17, 15) is 18.3 Å². The van der Waals surface area contributed by atoms with Gasteiger partial charge >= 0.3 is 6.18 Å². The minimum atomic E-state index is -4.88. The van der Waals surface area contributed by atoms with Crippen LogP contribution in [0.5, 0.6) is 5.75 Å². The molecule has 1 rings (SSSR count). The molecule has 0 bridgehead atoms. The van der Waals surface area contributed by atoms with Crippen LogP contribution in [0.25, 0.3) is 0 Å².